The molecule has 6 unspecified atom stereocenters. The van der Waals surface area contributed by atoms with Gasteiger partial charge in [-0.05, 0) is 54.7 Å². The molecule has 1 heterocycles. The van der Waals surface area contributed by atoms with Gasteiger partial charge in [0.15, 0.2) is 0 Å². The molecule has 0 radical (unpaired) electrons. The summed E-state index contributed by atoms with van der Waals surface area (Å²) in [5, 5.41) is 0.594. The van der Waals surface area contributed by atoms with Crippen LogP contribution in [0.5, 0.6) is 0 Å². The molecule has 4 heteroatoms. The predicted octanol–water partition coefficient (Wildman–Crippen LogP) is 3.21. The molecule has 0 aromatic heterocycles. The molecule has 6 rings (SSSR count). The fourth-order valence-corrected chi connectivity index (χ4v) is 5.11. The molecule has 4 aliphatic carbocycles. The van der Waals surface area contributed by atoms with Crippen LogP contribution in [-0.2, 0) is 9.59 Å². The van der Waals surface area contributed by atoms with E-state index in [4.69, 9.17) is 11.6 Å². The number of allylic oxidation sites excluding steroid dienone is 2. The lowest BCUT2D eigenvalue weighted by atomic mass is 9.63. The van der Waals surface area contributed by atoms with E-state index in [9.17, 15) is 9.59 Å². The van der Waals surface area contributed by atoms with Gasteiger partial charge in [0.05, 0.1) is 17.5 Å². The SMILES string of the molecule is Cc1ccc(N2C(=O)C3C4C=CC(C5CC45)C3C2=O)cc1Cl. The second-order valence-corrected chi connectivity index (χ2v) is 7.51. The number of nitrogens with zero attached hydrogens (tertiary/aromatic N) is 1. The number of amides is 2. The normalized spacial score (nSPS) is 40.9. The highest BCUT2D eigenvalue weighted by atomic mass is 35.5. The Balaban J connectivity index is 1.58. The maximum atomic E-state index is 12.9. The third kappa shape index (κ3) is 1.43. The molecule has 3 fully saturated rings. The number of hydrogen-bond donors (Lipinski definition) is 0. The van der Waals surface area contributed by atoms with Crippen LogP contribution in [-0.4, -0.2) is 11.8 Å². The Morgan fingerprint density at radius 1 is 1.05 bits per heavy atom. The molecule has 0 spiro atoms. The monoisotopic (exact) mass is 313 g/mol. The maximum Gasteiger partial charge on any atom is 0.238 e. The molecule has 2 amide bonds. The van der Waals surface area contributed by atoms with Crippen molar-refractivity contribution in [2.75, 3.05) is 4.90 Å². The highest BCUT2D eigenvalue weighted by molar-refractivity contribution is 6.32. The van der Waals surface area contributed by atoms with Crippen LogP contribution >= 0.6 is 11.6 Å². The highest BCUT2D eigenvalue weighted by Crippen LogP contribution is 2.65. The number of anilines is 1. The van der Waals surface area contributed by atoms with E-state index >= 15 is 0 Å². The van der Waals surface area contributed by atoms with E-state index in [1.54, 1.807) is 6.07 Å². The van der Waals surface area contributed by atoms with E-state index in [2.05, 4.69) is 12.2 Å². The molecule has 2 bridgehead atoms. The van der Waals surface area contributed by atoms with Crippen molar-refractivity contribution in [2.45, 2.75) is 13.3 Å². The number of carbonyl (C=O) groups excluding carboxylic acids is 2. The molecule has 5 aliphatic rings. The van der Waals surface area contributed by atoms with Crippen molar-refractivity contribution < 1.29 is 9.59 Å². The summed E-state index contributed by atoms with van der Waals surface area (Å²) >= 11 is 6.18. The second-order valence-electron chi connectivity index (χ2n) is 7.10. The summed E-state index contributed by atoms with van der Waals surface area (Å²) in [6, 6.07) is 5.43. The Morgan fingerprint density at radius 2 is 1.64 bits per heavy atom. The largest absolute Gasteiger partial charge is 0.274 e. The first-order valence-electron chi connectivity index (χ1n) is 7.90. The van der Waals surface area contributed by atoms with E-state index in [0.717, 1.165) is 5.56 Å². The van der Waals surface area contributed by atoms with E-state index < -0.39 is 0 Å². The Kier molecular flexibility index (Phi) is 2.35. The Hall–Kier alpha value is -1.61. The molecule has 1 saturated heterocycles. The first kappa shape index (κ1) is 12.9. The van der Waals surface area contributed by atoms with Crippen LogP contribution in [0.15, 0.2) is 30.4 Å². The lowest BCUT2D eigenvalue weighted by Crippen LogP contribution is -2.40. The zero-order valence-corrected chi connectivity index (χ0v) is 13.0. The molecule has 112 valence electrons. The minimum atomic E-state index is -0.147. The van der Waals surface area contributed by atoms with Gasteiger partial charge in [-0.25, -0.2) is 4.90 Å². The minimum Gasteiger partial charge on any atom is -0.274 e. The number of carbonyl (C=O) groups is 2. The van der Waals surface area contributed by atoms with E-state index in [0.29, 0.717) is 22.5 Å². The van der Waals surface area contributed by atoms with Crippen molar-refractivity contribution in [3.8, 4) is 0 Å². The van der Waals surface area contributed by atoms with Crippen molar-refractivity contribution in [2.24, 2.45) is 35.5 Å². The topological polar surface area (TPSA) is 37.4 Å². The fourth-order valence-electron chi connectivity index (χ4n) is 4.93. The van der Waals surface area contributed by atoms with Crippen molar-refractivity contribution in [3.63, 3.8) is 0 Å². The van der Waals surface area contributed by atoms with Gasteiger partial charge in [-0.3, -0.25) is 9.59 Å². The van der Waals surface area contributed by atoms with Crippen LogP contribution in [0.1, 0.15) is 12.0 Å². The van der Waals surface area contributed by atoms with Gasteiger partial charge in [0.1, 0.15) is 0 Å². The van der Waals surface area contributed by atoms with Crippen LogP contribution in [0.4, 0.5) is 5.69 Å². The summed E-state index contributed by atoms with van der Waals surface area (Å²) < 4.78 is 0. The average molecular weight is 314 g/mol. The number of halogens is 1. The molecule has 2 saturated carbocycles. The third-order valence-corrected chi connectivity index (χ3v) is 6.48. The average Bonchev–Trinajstić information content (AvgIpc) is 3.28. The molecular formula is C18H16ClNO2. The number of rotatable bonds is 1. The number of aryl methyl sites for hydroxylation is 1. The Labute approximate surface area is 133 Å². The Bertz CT molecular complexity index is 719. The van der Waals surface area contributed by atoms with E-state index in [-0.39, 0.29) is 35.5 Å². The van der Waals surface area contributed by atoms with E-state index in [1.165, 1.54) is 11.3 Å². The quantitative estimate of drug-likeness (QED) is 0.590. The fraction of sp³-hybridized carbons (Fsp3) is 0.444. The molecule has 6 atom stereocenters. The van der Waals surface area contributed by atoms with Crippen LogP contribution in [0.25, 0.3) is 0 Å². The smallest absolute Gasteiger partial charge is 0.238 e. The summed E-state index contributed by atoms with van der Waals surface area (Å²) in [5.41, 5.74) is 1.57. The van der Waals surface area contributed by atoms with Gasteiger partial charge in [-0.2, -0.15) is 0 Å². The summed E-state index contributed by atoms with van der Waals surface area (Å²) in [6.45, 7) is 1.91. The van der Waals surface area contributed by atoms with E-state index in [1.807, 2.05) is 19.1 Å². The minimum absolute atomic E-state index is 0.0281. The summed E-state index contributed by atoms with van der Waals surface area (Å²) in [7, 11) is 0. The molecule has 0 N–H and O–H groups in total. The van der Waals surface area contributed by atoms with Gasteiger partial charge in [0.25, 0.3) is 0 Å². The van der Waals surface area contributed by atoms with Crippen molar-refractivity contribution in [3.05, 3.63) is 40.9 Å². The zero-order chi connectivity index (χ0) is 15.2. The van der Waals surface area contributed by atoms with Gasteiger partial charge in [-0.15, -0.1) is 0 Å². The van der Waals surface area contributed by atoms with Crippen molar-refractivity contribution in [1.29, 1.82) is 0 Å². The first-order valence-corrected chi connectivity index (χ1v) is 8.28. The van der Waals surface area contributed by atoms with Crippen LogP contribution in [0, 0.1) is 42.4 Å². The lowest BCUT2D eigenvalue weighted by molar-refractivity contribution is -0.124. The first-order chi connectivity index (χ1) is 10.6. The number of imide groups is 1. The molecule has 1 aromatic rings. The molecule has 1 aromatic carbocycles. The van der Waals surface area contributed by atoms with Gasteiger partial charge in [0.2, 0.25) is 11.8 Å². The lowest BCUT2D eigenvalue weighted by Gasteiger charge is -2.37. The third-order valence-electron chi connectivity index (χ3n) is 6.08. The number of benzene rings is 1. The predicted molar refractivity (Wildman–Crippen MR) is 83.4 cm³/mol. The van der Waals surface area contributed by atoms with Crippen molar-refractivity contribution in [1.82, 2.24) is 0 Å². The van der Waals surface area contributed by atoms with Crippen LogP contribution in [0.3, 0.4) is 0 Å². The van der Waals surface area contributed by atoms with Gasteiger partial charge >= 0.3 is 0 Å². The summed E-state index contributed by atoms with van der Waals surface area (Å²) in [4.78, 5) is 27.2. The molecular weight excluding hydrogens is 298 g/mol. The number of hydrogen-bond acceptors (Lipinski definition) is 2. The second kappa shape index (κ2) is 4.02. The van der Waals surface area contributed by atoms with Crippen LogP contribution in [0.2, 0.25) is 5.02 Å². The Morgan fingerprint density at radius 3 is 2.18 bits per heavy atom. The van der Waals surface area contributed by atoms with Gasteiger partial charge in [-0.1, -0.05) is 29.8 Å². The zero-order valence-electron chi connectivity index (χ0n) is 12.2. The van der Waals surface area contributed by atoms with Crippen LogP contribution < -0.4 is 4.90 Å². The van der Waals surface area contributed by atoms with Crippen molar-refractivity contribution >= 4 is 29.1 Å². The molecule has 3 nitrogen and oxygen atoms in total. The summed E-state index contributed by atoms with van der Waals surface area (Å²) in [5.74, 6) is 1.45. The molecule has 22 heavy (non-hydrogen) atoms. The highest BCUT2D eigenvalue weighted by Gasteiger charge is 2.67. The standard InChI is InChI=1S/C18H16ClNO2/c1-8-2-3-9(6-14(8)19)20-17(21)15-10-4-5-11(13-7-12(10)13)16(15)18(20)22/h2-6,10-13,15-16H,7H2,1H3. The maximum absolute atomic E-state index is 12.9. The van der Waals surface area contributed by atoms with Gasteiger partial charge in [0, 0.05) is 5.02 Å². The molecule has 1 aliphatic heterocycles. The summed E-state index contributed by atoms with van der Waals surface area (Å²) in [6.07, 6.45) is 5.57. The van der Waals surface area contributed by atoms with Gasteiger partial charge < -0.3 is 0 Å².